The van der Waals surface area contributed by atoms with Crippen molar-refractivity contribution in [3.05, 3.63) is 69.3 Å². The Morgan fingerprint density at radius 3 is 2.38 bits per heavy atom. The number of nitrogens with one attached hydrogen (secondary N) is 1. The normalized spacial score (nSPS) is 9.43. The van der Waals surface area contributed by atoms with Crippen LogP contribution in [0, 0.1) is 32.8 Å². The highest BCUT2D eigenvalue weighted by atomic mass is 16.6. The van der Waals surface area contributed by atoms with E-state index in [9.17, 15) is 10.1 Å². The largest absolute Gasteiger partial charge is 0.381 e. The molecule has 0 fully saturated rings. The van der Waals surface area contributed by atoms with E-state index in [1.165, 1.54) is 12.1 Å². The van der Waals surface area contributed by atoms with Gasteiger partial charge in [0.15, 0.2) is 0 Å². The summed E-state index contributed by atoms with van der Waals surface area (Å²) >= 11 is 0. The summed E-state index contributed by atoms with van der Waals surface area (Å²) in [5, 5.41) is 31.4. The minimum atomic E-state index is -0.578. The molecule has 0 saturated carbocycles. The van der Waals surface area contributed by atoms with Crippen LogP contribution in [0.15, 0.2) is 42.5 Å². The summed E-state index contributed by atoms with van der Waals surface area (Å²) in [5.41, 5.74) is 1.89. The van der Waals surface area contributed by atoms with Gasteiger partial charge in [-0.2, -0.15) is 10.5 Å². The van der Waals surface area contributed by atoms with Crippen molar-refractivity contribution in [2.24, 2.45) is 0 Å². The predicted molar refractivity (Wildman–Crippen MR) is 76.3 cm³/mol. The average Bonchev–Trinajstić information content (AvgIpc) is 2.53. The molecule has 0 spiro atoms. The zero-order valence-corrected chi connectivity index (χ0v) is 10.9. The van der Waals surface area contributed by atoms with Crippen LogP contribution in [0.4, 0.5) is 11.4 Å². The number of nitriles is 2. The maximum atomic E-state index is 10.9. The van der Waals surface area contributed by atoms with E-state index in [2.05, 4.69) is 5.32 Å². The second kappa shape index (κ2) is 6.18. The van der Waals surface area contributed by atoms with Crippen molar-refractivity contribution in [1.29, 1.82) is 10.5 Å². The van der Waals surface area contributed by atoms with Gasteiger partial charge in [-0.3, -0.25) is 10.1 Å². The van der Waals surface area contributed by atoms with Gasteiger partial charge in [0.2, 0.25) is 0 Å². The Hall–Kier alpha value is -3.38. The number of nitrogens with zero attached hydrogens (tertiary/aromatic N) is 3. The third kappa shape index (κ3) is 3.34. The Morgan fingerprint density at radius 2 is 1.81 bits per heavy atom. The number of hydrogen-bond acceptors (Lipinski definition) is 5. The predicted octanol–water partition coefficient (Wildman–Crippen LogP) is 2.95. The van der Waals surface area contributed by atoms with Gasteiger partial charge in [0, 0.05) is 18.3 Å². The van der Waals surface area contributed by atoms with E-state index in [4.69, 9.17) is 10.5 Å². The molecule has 0 radical (unpaired) electrons. The lowest BCUT2D eigenvalue weighted by Crippen LogP contribution is -2.01. The van der Waals surface area contributed by atoms with Gasteiger partial charge < -0.3 is 5.32 Å². The molecule has 0 aliphatic heterocycles. The number of hydrogen-bond donors (Lipinski definition) is 1. The first kappa shape index (κ1) is 14.0. The first-order chi connectivity index (χ1) is 10.1. The fourth-order valence-corrected chi connectivity index (χ4v) is 1.79. The van der Waals surface area contributed by atoms with Crippen LogP contribution in [0.3, 0.4) is 0 Å². The van der Waals surface area contributed by atoms with Crippen molar-refractivity contribution in [3.8, 4) is 12.1 Å². The van der Waals surface area contributed by atoms with Crippen molar-refractivity contribution < 1.29 is 4.92 Å². The van der Waals surface area contributed by atoms with E-state index in [-0.39, 0.29) is 11.3 Å². The lowest BCUT2D eigenvalue weighted by molar-refractivity contribution is -0.385. The Labute approximate surface area is 121 Å². The van der Waals surface area contributed by atoms with Crippen LogP contribution in [0.1, 0.15) is 16.7 Å². The molecule has 6 heteroatoms. The molecule has 0 atom stereocenters. The fraction of sp³-hybridized carbons (Fsp3) is 0.0667. The summed E-state index contributed by atoms with van der Waals surface area (Å²) < 4.78 is 0. The van der Waals surface area contributed by atoms with E-state index >= 15 is 0 Å². The van der Waals surface area contributed by atoms with Gasteiger partial charge in [-0.15, -0.1) is 0 Å². The summed E-state index contributed by atoms with van der Waals surface area (Å²) in [6, 6.07) is 15.2. The van der Waals surface area contributed by atoms with Crippen LogP contribution >= 0.6 is 0 Å². The molecular weight excluding hydrogens is 268 g/mol. The number of nitro benzene ring substituents is 1. The molecule has 102 valence electrons. The summed E-state index contributed by atoms with van der Waals surface area (Å²) in [7, 11) is 0. The molecule has 2 aromatic rings. The molecule has 1 N–H and O–H groups in total. The lowest BCUT2D eigenvalue weighted by atomic mass is 10.1. The third-order valence-corrected chi connectivity index (χ3v) is 2.89. The van der Waals surface area contributed by atoms with Gasteiger partial charge in [0.05, 0.1) is 16.6 Å². The first-order valence-electron chi connectivity index (χ1n) is 6.05. The Balaban J connectivity index is 2.13. The van der Waals surface area contributed by atoms with Crippen LogP contribution in [0.5, 0.6) is 0 Å². The number of benzene rings is 2. The molecule has 0 aliphatic rings. The number of rotatable bonds is 4. The zero-order chi connectivity index (χ0) is 15.2. The third-order valence-electron chi connectivity index (χ3n) is 2.89. The van der Waals surface area contributed by atoms with Gasteiger partial charge in [0.1, 0.15) is 11.6 Å². The second-order valence-corrected chi connectivity index (χ2v) is 4.26. The molecular formula is C15H10N4O2. The van der Waals surface area contributed by atoms with Crippen molar-refractivity contribution in [3.63, 3.8) is 0 Å². The lowest BCUT2D eigenvalue weighted by Gasteiger charge is -2.07. The Bertz CT molecular complexity index is 755. The van der Waals surface area contributed by atoms with Crippen LogP contribution in [0.25, 0.3) is 0 Å². The molecule has 0 bridgehead atoms. The molecule has 2 rings (SSSR count). The molecule has 0 aromatic heterocycles. The fourth-order valence-electron chi connectivity index (χ4n) is 1.79. The van der Waals surface area contributed by atoms with Gasteiger partial charge in [-0.1, -0.05) is 12.1 Å². The van der Waals surface area contributed by atoms with Gasteiger partial charge in [-0.05, 0) is 29.8 Å². The highest BCUT2D eigenvalue weighted by Gasteiger charge is 2.13. The molecule has 0 unspecified atom stereocenters. The Morgan fingerprint density at radius 1 is 1.10 bits per heavy atom. The topological polar surface area (TPSA) is 103 Å². The summed E-state index contributed by atoms with van der Waals surface area (Å²) in [5.74, 6) is 0. The Kier molecular flexibility index (Phi) is 4.13. The minimum Gasteiger partial charge on any atom is -0.381 e. The van der Waals surface area contributed by atoms with Gasteiger partial charge in [-0.25, -0.2) is 0 Å². The second-order valence-electron chi connectivity index (χ2n) is 4.26. The van der Waals surface area contributed by atoms with E-state index in [0.717, 1.165) is 5.56 Å². The molecule has 0 saturated heterocycles. The van der Waals surface area contributed by atoms with Crippen LogP contribution in [-0.4, -0.2) is 4.92 Å². The van der Waals surface area contributed by atoms with E-state index in [1.807, 2.05) is 18.2 Å². The smallest absolute Gasteiger partial charge is 0.289 e. The van der Waals surface area contributed by atoms with Gasteiger partial charge in [0.25, 0.3) is 5.69 Å². The average molecular weight is 278 g/mol. The van der Waals surface area contributed by atoms with Crippen LogP contribution < -0.4 is 5.32 Å². The van der Waals surface area contributed by atoms with E-state index in [1.54, 1.807) is 24.3 Å². The SMILES string of the molecule is N#Cc1ccc(CNc2ccc(C#N)c([N+](=O)[O-])c2)cc1. The van der Waals surface area contributed by atoms with Crippen molar-refractivity contribution in [2.75, 3.05) is 5.32 Å². The molecule has 2 aromatic carbocycles. The van der Waals surface area contributed by atoms with Gasteiger partial charge >= 0.3 is 0 Å². The maximum Gasteiger partial charge on any atom is 0.289 e. The number of nitro groups is 1. The van der Waals surface area contributed by atoms with Crippen molar-refractivity contribution in [1.82, 2.24) is 0 Å². The first-order valence-corrected chi connectivity index (χ1v) is 6.05. The molecule has 0 aliphatic carbocycles. The summed E-state index contributed by atoms with van der Waals surface area (Å²) in [4.78, 5) is 10.3. The maximum absolute atomic E-state index is 10.9. The summed E-state index contributed by atoms with van der Waals surface area (Å²) in [6.07, 6.45) is 0. The molecule has 6 nitrogen and oxygen atoms in total. The molecule has 21 heavy (non-hydrogen) atoms. The molecule has 0 heterocycles. The number of anilines is 1. The van der Waals surface area contributed by atoms with E-state index in [0.29, 0.717) is 17.8 Å². The zero-order valence-electron chi connectivity index (χ0n) is 10.9. The quantitative estimate of drug-likeness (QED) is 0.684. The van der Waals surface area contributed by atoms with E-state index < -0.39 is 4.92 Å². The highest BCUT2D eigenvalue weighted by Crippen LogP contribution is 2.22. The minimum absolute atomic E-state index is 0.0314. The summed E-state index contributed by atoms with van der Waals surface area (Å²) in [6.45, 7) is 0.467. The van der Waals surface area contributed by atoms with Crippen molar-refractivity contribution >= 4 is 11.4 Å². The molecule has 0 amide bonds. The highest BCUT2D eigenvalue weighted by molar-refractivity contribution is 5.59. The van der Waals surface area contributed by atoms with Crippen LogP contribution in [-0.2, 0) is 6.54 Å². The monoisotopic (exact) mass is 278 g/mol. The van der Waals surface area contributed by atoms with Crippen LogP contribution in [0.2, 0.25) is 0 Å². The standard InChI is InChI=1S/C15H10N4O2/c16-8-11-1-3-12(4-2-11)10-18-14-6-5-13(9-17)15(7-14)19(20)21/h1-7,18H,10H2. The van der Waals surface area contributed by atoms with Crippen molar-refractivity contribution in [2.45, 2.75) is 6.54 Å².